The van der Waals surface area contributed by atoms with E-state index in [9.17, 15) is 9.90 Å². The molecule has 4 aromatic carbocycles. The highest BCUT2D eigenvalue weighted by molar-refractivity contribution is 5.91. The van der Waals surface area contributed by atoms with Gasteiger partial charge in [0.15, 0.2) is 0 Å². The van der Waals surface area contributed by atoms with Crippen molar-refractivity contribution in [3.63, 3.8) is 0 Å². The average molecular weight is 459 g/mol. The van der Waals surface area contributed by atoms with Crippen LogP contribution in [0.15, 0.2) is 97.1 Å². The molecule has 0 aliphatic heterocycles. The fraction of sp³-hybridized carbons (Fsp3) is 0.143. The van der Waals surface area contributed by atoms with Crippen molar-refractivity contribution in [3.05, 3.63) is 103 Å². The fourth-order valence-corrected chi connectivity index (χ4v) is 3.80. The number of esters is 1. The third kappa shape index (κ3) is 6.36. The Kier molecular flexibility index (Phi) is 8.63. The number of benzene rings is 4. The molecule has 1 aliphatic carbocycles. The van der Waals surface area contributed by atoms with E-state index in [-0.39, 0.29) is 30.0 Å². The maximum absolute atomic E-state index is 12.6. The lowest BCUT2D eigenvalue weighted by Crippen LogP contribution is -2.34. The molecule has 1 fully saturated rings. The molecule has 0 saturated heterocycles. The molecule has 5 rings (SSSR count). The first-order valence-corrected chi connectivity index (χ1v) is 10.8. The second kappa shape index (κ2) is 12.1. The van der Waals surface area contributed by atoms with Gasteiger partial charge in [-0.25, -0.2) is 0 Å². The van der Waals surface area contributed by atoms with E-state index < -0.39 is 0 Å². The van der Waals surface area contributed by atoms with Crippen molar-refractivity contribution in [3.8, 4) is 17.2 Å². The zero-order valence-corrected chi connectivity index (χ0v) is 18.5. The summed E-state index contributed by atoms with van der Waals surface area (Å²) >= 11 is 0. The summed E-state index contributed by atoms with van der Waals surface area (Å²) in [4.78, 5) is 21.0. The normalized spacial score (nSPS) is 16.0. The highest BCUT2D eigenvalue weighted by Gasteiger charge is 2.39. The summed E-state index contributed by atoms with van der Waals surface area (Å²) in [5.74, 6) is 1.07. The molecule has 4 aromatic rings. The van der Waals surface area contributed by atoms with Crippen LogP contribution >= 0.6 is 0 Å². The van der Waals surface area contributed by atoms with Gasteiger partial charge in [0.1, 0.15) is 17.2 Å². The number of ether oxygens (including phenoxy) is 1. The van der Waals surface area contributed by atoms with Crippen molar-refractivity contribution in [2.75, 3.05) is 0 Å². The van der Waals surface area contributed by atoms with Crippen LogP contribution < -0.4 is 4.74 Å². The second-order valence-corrected chi connectivity index (χ2v) is 7.72. The molecule has 0 radical (unpaired) electrons. The zero-order chi connectivity index (χ0) is 24.3. The van der Waals surface area contributed by atoms with Crippen molar-refractivity contribution in [1.82, 2.24) is 0 Å². The van der Waals surface area contributed by atoms with Crippen molar-refractivity contribution in [2.24, 2.45) is 5.92 Å². The molecule has 1 saturated carbocycles. The number of para-hydroxylation sites is 1. The minimum Gasteiger partial charge on any atom is -0.508 e. The lowest BCUT2D eigenvalue weighted by atomic mass is 9.70. The topological polar surface area (TPSA) is 104 Å². The van der Waals surface area contributed by atoms with Gasteiger partial charge in [-0.1, -0.05) is 66.7 Å². The smallest absolute Gasteiger partial charge is 0.314 e. The van der Waals surface area contributed by atoms with Crippen LogP contribution in [0.4, 0.5) is 0 Å². The Labute approximate surface area is 197 Å². The molecular formula is C28H26O6. The van der Waals surface area contributed by atoms with E-state index in [4.69, 9.17) is 19.7 Å². The van der Waals surface area contributed by atoms with Crippen molar-refractivity contribution in [2.45, 2.75) is 18.8 Å². The molecule has 1 aliphatic rings. The van der Waals surface area contributed by atoms with Gasteiger partial charge in [0, 0.05) is 5.39 Å². The quantitative estimate of drug-likeness (QED) is 0.206. The third-order valence-electron chi connectivity index (χ3n) is 5.61. The Morgan fingerprint density at radius 1 is 0.765 bits per heavy atom. The number of phenolic OH excluding ortho intramolecular Hbond substituents is 2. The van der Waals surface area contributed by atoms with Gasteiger partial charge >= 0.3 is 5.97 Å². The Hall–Kier alpha value is -4.32. The van der Waals surface area contributed by atoms with E-state index in [1.165, 1.54) is 0 Å². The Bertz CT molecular complexity index is 1200. The lowest BCUT2D eigenvalue weighted by molar-refractivity contribution is -0.142. The number of carbonyl (C=O) groups excluding carboxylic acids is 1. The summed E-state index contributed by atoms with van der Waals surface area (Å²) in [5, 5.41) is 26.9. The molecule has 0 amide bonds. The molecule has 6 heteroatoms. The molecule has 0 bridgehead atoms. The molecule has 2 atom stereocenters. The Balaban J connectivity index is 0.000000272. The predicted octanol–water partition coefficient (Wildman–Crippen LogP) is 5.74. The van der Waals surface area contributed by atoms with Crippen molar-refractivity contribution >= 4 is 23.2 Å². The lowest BCUT2D eigenvalue weighted by Gasteiger charge is -2.35. The van der Waals surface area contributed by atoms with E-state index in [1.54, 1.807) is 36.4 Å². The highest BCUT2D eigenvalue weighted by Crippen LogP contribution is 2.44. The zero-order valence-electron chi connectivity index (χ0n) is 18.5. The van der Waals surface area contributed by atoms with Crippen LogP contribution in [-0.2, 0) is 9.59 Å². The number of hydrogen-bond donors (Lipinski definition) is 3. The Morgan fingerprint density at radius 2 is 1.35 bits per heavy atom. The SMILES string of the molecule is O=C(Oc1cccc2ccccc12)C1CC[C@H]1c1ccc(O)cc1.O=CO.Oc1ccccc1. The number of aromatic hydroxyl groups is 2. The second-order valence-electron chi connectivity index (χ2n) is 7.72. The van der Waals surface area contributed by atoms with Gasteiger partial charge in [-0.15, -0.1) is 0 Å². The number of hydrogen-bond acceptors (Lipinski definition) is 5. The van der Waals surface area contributed by atoms with Crippen molar-refractivity contribution in [1.29, 1.82) is 0 Å². The monoisotopic (exact) mass is 458 g/mol. The first-order chi connectivity index (χ1) is 16.5. The van der Waals surface area contributed by atoms with Gasteiger partial charge in [-0.05, 0) is 60.0 Å². The van der Waals surface area contributed by atoms with Crippen LogP contribution in [0.1, 0.15) is 24.3 Å². The first-order valence-electron chi connectivity index (χ1n) is 10.8. The third-order valence-corrected chi connectivity index (χ3v) is 5.61. The van der Waals surface area contributed by atoms with Gasteiger partial charge in [-0.2, -0.15) is 0 Å². The number of phenols is 2. The van der Waals surface area contributed by atoms with Gasteiger partial charge in [0.25, 0.3) is 6.47 Å². The maximum Gasteiger partial charge on any atom is 0.314 e. The maximum atomic E-state index is 12.6. The van der Waals surface area contributed by atoms with Crippen LogP contribution in [0.2, 0.25) is 0 Å². The summed E-state index contributed by atoms with van der Waals surface area (Å²) in [5.41, 5.74) is 1.08. The minimum absolute atomic E-state index is 0.117. The first kappa shape index (κ1) is 24.3. The van der Waals surface area contributed by atoms with Gasteiger partial charge in [-0.3, -0.25) is 9.59 Å². The van der Waals surface area contributed by atoms with E-state index >= 15 is 0 Å². The van der Waals surface area contributed by atoms with Crippen LogP contribution in [0.25, 0.3) is 10.8 Å². The highest BCUT2D eigenvalue weighted by atomic mass is 16.5. The molecule has 0 heterocycles. The predicted molar refractivity (Wildman–Crippen MR) is 130 cm³/mol. The molecule has 174 valence electrons. The van der Waals surface area contributed by atoms with E-state index in [0.29, 0.717) is 11.5 Å². The molecule has 34 heavy (non-hydrogen) atoms. The summed E-state index contributed by atoms with van der Waals surface area (Å²) in [6.45, 7) is -0.250. The van der Waals surface area contributed by atoms with Crippen LogP contribution in [0.5, 0.6) is 17.2 Å². The molecule has 1 unspecified atom stereocenters. The average Bonchev–Trinajstić information content (AvgIpc) is 2.81. The summed E-state index contributed by atoms with van der Waals surface area (Å²) in [7, 11) is 0. The number of carbonyl (C=O) groups is 2. The van der Waals surface area contributed by atoms with Gasteiger partial charge in [0.2, 0.25) is 0 Å². The van der Waals surface area contributed by atoms with Crippen LogP contribution in [-0.4, -0.2) is 27.8 Å². The molecular weight excluding hydrogens is 432 g/mol. The number of fused-ring (bicyclic) bond motifs is 1. The van der Waals surface area contributed by atoms with Gasteiger partial charge in [0.05, 0.1) is 5.92 Å². The summed E-state index contributed by atoms with van der Waals surface area (Å²) in [6, 6.07) is 29.5. The van der Waals surface area contributed by atoms with E-state index in [0.717, 1.165) is 29.2 Å². The van der Waals surface area contributed by atoms with E-state index in [2.05, 4.69) is 0 Å². The minimum atomic E-state index is -0.250. The van der Waals surface area contributed by atoms with Crippen LogP contribution in [0.3, 0.4) is 0 Å². The fourth-order valence-electron chi connectivity index (χ4n) is 3.80. The van der Waals surface area contributed by atoms with E-state index in [1.807, 2.05) is 60.7 Å². The number of rotatable bonds is 3. The molecule has 3 N–H and O–H groups in total. The standard InChI is InChI=1S/C21H18O3.C6H6O.CH2O2/c22-16-10-8-15(9-11-16)17-12-13-19(17)21(23)24-20-7-3-5-14-4-1-2-6-18(14)20;7-6-4-2-1-3-5-6;2-1-3/h1-11,17,19,22H,12-13H2;1-5,7H;1H,(H,2,3)/t17-,19?;;/m0../s1. The largest absolute Gasteiger partial charge is 0.508 e. The summed E-state index contributed by atoms with van der Waals surface area (Å²) in [6.07, 6.45) is 1.81. The van der Waals surface area contributed by atoms with Gasteiger partial charge < -0.3 is 20.1 Å². The summed E-state index contributed by atoms with van der Waals surface area (Å²) < 4.78 is 5.72. The van der Waals surface area contributed by atoms with Crippen molar-refractivity contribution < 1.29 is 29.6 Å². The number of carboxylic acid groups (broad SMARTS) is 1. The molecule has 6 nitrogen and oxygen atoms in total. The van der Waals surface area contributed by atoms with Crippen LogP contribution in [0, 0.1) is 5.92 Å². The molecule has 0 aromatic heterocycles. The Morgan fingerprint density at radius 3 is 1.94 bits per heavy atom. The molecule has 0 spiro atoms.